The summed E-state index contributed by atoms with van der Waals surface area (Å²) in [5, 5.41) is 26.6. The molecule has 0 fully saturated rings. The number of aliphatic hydroxyl groups is 1. The van der Waals surface area contributed by atoms with Crippen molar-refractivity contribution in [2.24, 2.45) is 0 Å². The molecule has 0 heterocycles. The van der Waals surface area contributed by atoms with Gasteiger partial charge in [0.2, 0.25) is 0 Å². The third-order valence-electron chi connectivity index (χ3n) is 3.39. The van der Waals surface area contributed by atoms with Gasteiger partial charge in [-0.3, -0.25) is 0 Å². The Morgan fingerprint density at radius 3 is 1.64 bits per heavy atom. The lowest BCUT2D eigenvalue weighted by molar-refractivity contribution is 0.241. The van der Waals surface area contributed by atoms with E-state index >= 15 is 0 Å². The monoisotopic (exact) mass is 400 g/mol. The van der Waals surface area contributed by atoms with Crippen LogP contribution in [0.2, 0.25) is 0 Å². The summed E-state index contributed by atoms with van der Waals surface area (Å²) < 4.78 is 10.9. The first-order valence-corrected chi connectivity index (χ1v) is 9.44. The van der Waals surface area contributed by atoms with Crippen molar-refractivity contribution in [3.63, 3.8) is 0 Å². The van der Waals surface area contributed by atoms with Gasteiger partial charge in [0.1, 0.15) is 23.6 Å². The van der Waals surface area contributed by atoms with E-state index in [0.29, 0.717) is 28.5 Å². The second kappa shape index (κ2) is 11.9. The SMILES string of the molecule is CC(C)Oc1ccc(CCl)cc1C#N.CC(C)Oc1ccc(CO)cc1C#N. The van der Waals surface area contributed by atoms with Crippen LogP contribution in [0.15, 0.2) is 36.4 Å². The average Bonchev–Trinajstić information content (AvgIpc) is 2.68. The lowest BCUT2D eigenvalue weighted by Gasteiger charge is -2.11. The minimum Gasteiger partial charge on any atom is -0.490 e. The van der Waals surface area contributed by atoms with Crippen LogP contribution in [0.1, 0.15) is 49.9 Å². The van der Waals surface area contributed by atoms with E-state index in [1.807, 2.05) is 39.8 Å². The fraction of sp³-hybridized carbons (Fsp3) is 0.364. The van der Waals surface area contributed by atoms with Gasteiger partial charge in [0.25, 0.3) is 0 Å². The van der Waals surface area contributed by atoms with Crippen LogP contribution in [-0.2, 0) is 12.5 Å². The minimum atomic E-state index is -0.0589. The van der Waals surface area contributed by atoms with Crippen LogP contribution in [0.25, 0.3) is 0 Å². The molecule has 2 aromatic rings. The second-order valence-electron chi connectivity index (χ2n) is 6.51. The van der Waals surface area contributed by atoms with Crippen molar-refractivity contribution < 1.29 is 14.6 Å². The highest BCUT2D eigenvalue weighted by Crippen LogP contribution is 2.22. The Kier molecular flexibility index (Phi) is 9.88. The summed E-state index contributed by atoms with van der Waals surface area (Å²) in [5.74, 6) is 1.60. The molecule has 0 saturated carbocycles. The number of nitriles is 2. The Bertz CT molecular complexity index is 780. The van der Waals surface area contributed by atoms with Gasteiger partial charge < -0.3 is 14.6 Å². The molecule has 0 aliphatic carbocycles. The van der Waals surface area contributed by atoms with Crippen LogP contribution in [0.4, 0.5) is 0 Å². The van der Waals surface area contributed by atoms with Gasteiger partial charge >= 0.3 is 0 Å². The Morgan fingerprint density at radius 2 is 1.29 bits per heavy atom. The molecule has 0 aliphatic rings. The van der Waals surface area contributed by atoms with E-state index in [2.05, 4.69) is 6.07 Å². The zero-order chi connectivity index (χ0) is 21.1. The van der Waals surface area contributed by atoms with E-state index in [1.54, 1.807) is 30.3 Å². The van der Waals surface area contributed by atoms with Gasteiger partial charge in [-0.1, -0.05) is 12.1 Å². The standard InChI is InChI=1S/C11H12ClNO.C11H13NO2/c1-8(2)14-11-4-3-9(6-12)5-10(11)7-13;1-8(2)14-11-4-3-9(7-13)5-10(11)6-12/h3-5,8H,6H2,1-2H3;3-5,8,13H,7H2,1-2H3. The quantitative estimate of drug-likeness (QED) is 0.695. The molecule has 0 unspecified atom stereocenters. The predicted molar refractivity (Wildman–Crippen MR) is 109 cm³/mol. The topological polar surface area (TPSA) is 86.3 Å². The highest BCUT2D eigenvalue weighted by atomic mass is 35.5. The largest absolute Gasteiger partial charge is 0.490 e. The van der Waals surface area contributed by atoms with Crippen LogP contribution in [0.3, 0.4) is 0 Å². The minimum absolute atomic E-state index is 0.0436. The molecule has 0 aromatic heterocycles. The number of hydrogen-bond donors (Lipinski definition) is 1. The number of alkyl halides is 1. The van der Waals surface area contributed by atoms with Crippen molar-refractivity contribution in [2.45, 2.75) is 52.4 Å². The number of nitrogens with zero attached hydrogens (tertiary/aromatic N) is 2. The molecular weight excluding hydrogens is 376 g/mol. The van der Waals surface area contributed by atoms with Gasteiger partial charge in [-0.25, -0.2) is 0 Å². The van der Waals surface area contributed by atoms with Crippen molar-refractivity contribution in [2.75, 3.05) is 0 Å². The number of benzene rings is 2. The van der Waals surface area contributed by atoms with Crippen molar-refractivity contribution in [1.29, 1.82) is 10.5 Å². The normalized spacial score (nSPS) is 9.93. The first kappa shape index (κ1) is 23.3. The number of ether oxygens (including phenoxy) is 2. The van der Waals surface area contributed by atoms with Gasteiger partial charge in [-0.05, 0) is 63.1 Å². The Hall–Kier alpha value is -2.73. The molecule has 2 aromatic carbocycles. The van der Waals surface area contributed by atoms with E-state index in [-0.39, 0.29) is 18.8 Å². The Morgan fingerprint density at radius 1 is 0.857 bits per heavy atom. The van der Waals surface area contributed by atoms with E-state index in [0.717, 1.165) is 11.1 Å². The lowest BCUT2D eigenvalue weighted by atomic mass is 10.1. The van der Waals surface area contributed by atoms with Crippen molar-refractivity contribution in [1.82, 2.24) is 0 Å². The number of halogens is 1. The van der Waals surface area contributed by atoms with Gasteiger partial charge in [-0.2, -0.15) is 10.5 Å². The summed E-state index contributed by atoms with van der Waals surface area (Å²) >= 11 is 5.66. The highest BCUT2D eigenvalue weighted by molar-refractivity contribution is 6.17. The van der Waals surface area contributed by atoms with E-state index < -0.39 is 0 Å². The lowest BCUT2D eigenvalue weighted by Crippen LogP contribution is -2.07. The fourth-order valence-electron chi connectivity index (χ4n) is 2.22. The zero-order valence-corrected chi connectivity index (χ0v) is 17.3. The molecule has 28 heavy (non-hydrogen) atoms. The first-order chi connectivity index (χ1) is 13.3. The first-order valence-electron chi connectivity index (χ1n) is 8.90. The molecule has 1 N–H and O–H groups in total. The molecule has 0 saturated heterocycles. The number of hydrogen-bond acceptors (Lipinski definition) is 5. The molecule has 0 spiro atoms. The fourth-order valence-corrected chi connectivity index (χ4v) is 2.39. The van der Waals surface area contributed by atoms with Crippen LogP contribution < -0.4 is 9.47 Å². The molecule has 6 heteroatoms. The van der Waals surface area contributed by atoms with E-state index in [1.165, 1.54) is 0 Å². The maximum absolute atomic E-state index is 8.88. The smallest absolute Gasteiger partial charge is 0.137 e. The van der Waals surface area contributed by atoms with Gasteiger partial charge in [0.05, 0.1) is 29.9 Å². The molecule has 0 bridgehead atoms. The molecular formula is C22H25ClN2O3. The van der Waals surface area contributed by atoms with Crippen LogP contribution in [0, 0.1) is 22.7 Å². The Labute approximate surface area is 171 Å². The zero-order valence-electron chi connectivity index (χ0n) is 16.6. The maximum atomic E-state index is 8.88. The third-order valence-corrected chi connectivity index (χ3v) is 3.70. The van der Waals surface area contributed by atoms with Gasteiger partial charge in [0, 0.05) is 5.88 Å². The van der Waals surface area contributed by atoms with Gasteiger partial charge in [0.15, 0.2) is 0 Å². The molecule has 0 amide bonds. The van der Waals surface area contributed by atoms with E-state index in [9.17, 15) is 0 Å². The average molecular weight is 401 g/mol. The van der Waals surface area contributed by atoms with Crippen LogP contribution in [-0.4, -0.2) is 17.3 Å². The van der Waals surface area contributed by atoms with Crippen LogP contribution in [0.5, 0.6) is 11.5 Å². The van der Waals surface area contributed by atoms with Crippen molar-refractivity contribution in [3.05, 3.63) is 58.7 Å². The summed E-state index contributed by atoms with van der Waals surface area (Å²) in [5.41, 5.74) is 2.65. The molecule has 0 atom stereocenters. The third kappa shape index (κ3) is 7.48. The summed E-state index contributed by atoms with van der Waals surface area (Å²) in [6.07, 6.45) is 0.117. The second-order valence-corrected chi connectivity index (χ2v) is 6.78. The maximum Gasteiger partial charge on any atom is 0.137 e. The highest BCUT2D eigenvalue weighted by Gasteiger charge is 2.06. The molecule has 5 nitrogen and oxygen atoms in total. The molecule has 0 aliphatic heterocycles. The number of rotatable bonds is 6. The summed E-state index contributed by atoms with van der Waals surface area (Å²) in [6, 6.07) is 14.6. The molecule has 0 radical (unpaired) electrons. The molecule has 2 rings (SSSR count). The van der Waals surface area contributed by atoms with E-state index in [4.69, 9.17) is 36.7 Å². The van der Waals surface area contributed by atoms with Crippen LogP contribution >= 0.6 is 11.6 Å². The predicted octanol–water partition coefficient (Wildman–Crippen LogP) is 4.92. The molecule has 148 valence electrons. The number of aliphatic hydroxyl groups excluding tert-OH is 1. The summed E-state index contributed by atoms with van der Waals surface area (Å²) in [6.45, 7) is 7.60. The summed E-state index contributed by atoms with van der Waals surface area (Å²) in [7, 11) is 0. The summed E-state index contributed by atoms with van der Waals surface area (Å²) in [4.78, 5) is 0. The van der Waals surface area contributed by atoms with Crippen molar-refractivity contribution in [3.8, 4) is 23.6 Å². The van der Waals surface area contributed by atoms with Gasteiger partial charge in [-0.15, -0.1) is 11.6 Å². The Balaban J connectivity index is 0.000000280. The van der Waals surface area contributed by atoms with Crippen molar-refractivity contribution >= 4 is 11.6 Å².